The molecule has 1 aromatic carbocycles. The van der Waals surface area contributed by atoms with E-state index in [4.69, 9.17) is 14.0 Å². The zero-order valence-corrected chi connectivity index (χ0v) is 21.5. The summed E-state index contributed by atoms with van der Waals surface area (Å²) in [5, 5.41) is 3.63. The second-order valence-electron chi connectivity index (χ2n) is 10.0. The molecule has 9 heteroatoms. The Morgan fingerprint density at radius 3 is 2.41 bits per heavy atom. The van der Waals surface area contributed by atoms with Gasteiger partial charge in [-0.05, 0) is 91.1 Å². The fourth-order valence-corrected chi connectivity index (χ4v) is 3.96. The molecule has 7 nitrogen and oxygen atoms in total. The summed E-state index contributed by atoms with van der Waals surface area (Å²) < 4.78 is 20.5. The van der Waals surface area contributed by atoms with Crippen molar-refractivity contribution in [2.24, 2.45) is 4.99 Å². The van der Waals surface area contributed by atoms with Crippen LogP contribution < -0.4 is 15.5 Å². The molecular formula is C23H38BN3O4S. The molecule has 178 valence electrons. The Hall–Kier alpha value is -1.71. The quantitative estimate of drug-likeness (QED) is 0.302. The first-order chi connectivity index (χ1) is 14.8. The number of rotatable bonds is 9. The van der Waals surface area contributed by atoms with Crippen LogP contribution in [0.4, 0.5) is 16.2 Å². The van der Waals surface area contributed by atoms with E-state index in [-0.39, 0.29) is 5.25 Å². The molecule has 2 N–H and O–H groups in total. The number of anilines is 1. The van der Waals surface area contributed by atoms with Gasteiger partial charge in [0.15, 0.2) is 0 Å². The third kappa shape index (κ3) is 7.15. The number of amides is 1. The highest BCUT2D eigenvalue weighted by atomic mass is 32.2. The Balaban J connectivity index is 2.07. The summed E-state index contributed by atoms with van der Waals surface area (Å²) in [4.78, 5) is 16.2. The van der Waals surface area contributed by atoms with E-state index in [9.17, 15) is 4.79 Å². The molecule has 1 fully saturated rings. The van der Waals surface area contributed by atoms with Gasteiger partial charge in [0.1, 0.15) is 5.60 Å². The van der Waals surface area contributed by atoms with Crippen LogP contribution in [0.3, 0.4) is 0 Å². The first-order valence-electron chi connectivity index (χ1n) is 11.1. The van der Waals surface area contributed by atoms with E-state index in [1.54, 1.807) is 0 Å². The Morgan fingerprint density at radius 2 is 1.88 bits per heavy atom. The maximum atomic E-state index is 12.0. The predicted octanol–water partition coefficient (Wildman–Crippen LogP) is 5.07. The zero-order valence-electron chi connectivity index (χ0n) is 20.7. The number of nitrogens with zero attached hydrogens (tertiary/aromatic N) is 1. The van der Waals surface area contributed by atoms with Crippen molar-refractivity contribution in [3.63, 3.8) is 0 Å². The van der Waals surface area contributed by atoms with Crippen molar-refractivity contribution < 1.29 is 18.8 Å². The average molecular weight is 463 g/mol. The van der Waals surface area contributed by atoms with Gasteiger partial charge in [0.2, 0.25) is 0 Å². The molecule has 1 aliphatic rings. The van der Waals surface area contributed by atoms with Gasteiger partial charge in [-0.3, -0.25) is 9.71 Å². The number of benzene rings is 1. The van der Waals surface area contributed by atoms with Gasteiger partial charge in [0.05, 0.1) is 22.6 Å². The van der Waals surface area contributed by atoms with Crippen LogP contribution in [0.25, 0.3) is 0 Å². The Labute approximate surface area is 197 Å². The first kappa shape index (κ1) is 26.5. The van der Waals surface area contributed by atoms with E-state index in [0.717, 1.165) is 29.7 Å². The maximum Gasteiger partial charge on any atom is 0.494 e. The molecule has 1 unspecified atom stereocenters. The van der Waals surface area contributed by atoms with Gasteiger partial charge in [0.25, 0.3) is 0 Å². The molecule has 32 heavy (non-hydrogen) atoms. The van der Waals surface area contributed by atoms with Crippen molar-refractivity contribution in [3.05, 3.63) is 18.2 Å². The number of aliphatic imine (C=N–C) groups is 1. The number of carbonyl (C=O) groups is 1. The minimum atomic E-state index is -0.526. The van der Waals surface area contributed by atoms with E-state index in [1.807, 2.05) is 66.7 Å². The van der Waals surface area contributed by atoms with E-state index in [2.05, 4.69) is 28.7 Å². The highest BCUT2D eigenvalue weighted by molar-refractivity contribution is 7.98. The van der Waals surface area contributed by atoms with Crippen LogP contribution in [0, 0.1) is 0 Å². The Morgan fingerprint density at radius 1 is 1.25 bits per heavy atom. The van der Waals surface area contributed by atoms with Crippen LogP contribution in [-0.2, 0) is 14.0 Å². The van der Waals surface area contributed by atoms with Gasteiger partial charge < -0.3 is 19.4 Å². The van der Waals surface area contributed by atoms with E-state index >= 15 is 0 Å². The fourth-order valence-electron chi connectivity index (χ4n) is 3.14. The van der Waals surface area contributed by atoms with Crippen LogP contribution in [-0.4, -0.2) is 48.5 Å². The van der Waals surface area contributed by atoms with Crippen molar-refractivity contribution in [3.8, 4) is 0 Å². The highest BCUT2D eigenvalue weighted by Crippen LogP contribution is 2.37. The summed E-state index contributed by atoms with van der Waals surface area (Å²) >= 11 is 1.37. The molecule has 0 aliphatic carbocycles. The summed E-state index contributed by atoms with van der Waals surface area (Å²) in [6.07, 6.45) is 1.50. The van der Waals surface area contributed by atoms with Crippen molar-refractivity contribution in [2.75, 3.05) is 11.9 Å². The standard InChI is InChI=1S/C23H38BN3O4S/c1-10-11-17(32-27-20(28)29-21(2,3)4)15-26-19-14-16(12-13-18(19)25-9)24-30-22(5,6)23(7,8)31-24/h12-14,17,26H,9-11,15H2,1-8H3,(H,27,28). The van der Waals surface area contributed by atoms with Crippen LogP contribution in [0.2, 0.25) is 0 Å². The van der Waals surface area contributed by atoms with Gasteiger partial charge in [-0.25, -0.2) is 4.79 Å². The first-order valence-corrected chi connectivity index (χ1v) is 12.0. The normalized spacial score (nSPS) is 18.2. The lowest BCUT2D eigenvalue weighted by molar-refractivity contribution is 0.00578. The summed E-state index contributed by atoms with van der Waals surface area (Å²) in [7, 11) is -0.450. The fraction of sp³-hybridized carbons (Fsp3) is 0.652. The topological polar surface area (TPSA) is 81.2 Å². The van der Waals surface area contributed by atoms with Crippen molar-refractivity contribution in [1.82, 2.24) is 4.72 Å². The smallest absolute Gasteiger partial charge is 0.443 e. The molecule has 0 bridgehead atoms. The van der Waals surface area contributed by atoms with Gasteiger partial charge in [-0.15, -0.1) is 0 Å². The number of carbonyl (C=O) groups excluding carboxylic acids is 1. The monoisotopic (exact) mass is 463 g/mol. The Kier molecular flexibility index (Phi) is 8.70. The largest absolute Gasteiger partial charge is 0.494 e. The van der Waals surface area contributed by atoms with Crippen LogP contribution in [0.5, 0.6) is 0 Å². The molecule has 1 saturated heterocycles. The molecule has 1 amide bonds. The molecule has 1 heterocycles. The molecular weight excluding hydrogens is 425 g/mol. The minimum Gasteiger partial charge on any atom is -0.443 e. The zero-order chi connectivity index (χ0) is 24.2. The van der Waals surface area contributed by atoms with Crippen molar-refractivity contribution >= 4 is 48.7 Å². The second-order valence-corrected chi connectivity index (χ2v) is 11.1. The minimum absolute atomic E-state index is 0.158. The maximum absolute atomic E-state index is 12.0. The summed E-state index contributed by atoms with van der Waals surface area (Å²) in [6, 6.07) is 5.87. The number of hydrogen-bond donors (Lipinski definition) is 2. The van der Waals surface area contributed by atoms with Crippen LogP contribution in [0.15, 0.2) is 23.2 Å². The van der Waals surface area contributed by atoms with E-state index < -0.39 is 30.0 Å². The number of hydrogen-bond acceptors (Lipinski definition) is 7. The summed E-state index contributed by atoms with van der Waals surface area (Å²) in [6.45, 7) is 20.1. The second kappa shape index (κ2) is 10.5. The van der Waals surface area contributed by atoms with Gasteiger partial charge in [-0.2, -0.15) is 0 Å². The number of ether oxygens (including phenoxy) is 1. The average Bonchev–Trinajstić information content (AvgIpc) is 2.89. The lowest BCUT2D eigenvalue weighted by Crippen LogP contribution is -2.41. The lowest BCUT2D eigenvalue weighted by atomic mass is 9.78. The van der Waals surface area contributed by atoms with Crippen molar-refractivity contribution in [1.29, 1.82) is 0 Å². The lowest BCUT2D eigenvalue weighted by Gasteiger charge is -2.32. The van der Waals surface area contributed by atoms with E-state index in [0.29, 0.717) is 6.54 Å². The summed E-state index contributed by atoms with van der Waals surface area (Å²) in [5.41, 5.74) is 1.19. The van der Waals surface area contributed by atoms with Crippen LogP contribution >= 0.6 is 11.9 Å². The third-order valence-corrected chi connectivity index (χ3v) is 6.58. The molecule has 2 rings (SSSR count). The van der Waals surface area contributed by atoms with Gasteiger partial charge in [0, 0.05) is 11.8 Å². The molecule has 0 spiro atoms. The Bertz CT molecular complexity index is 795. The molecule has 1 aliphatic heterocycles. The van der Waals surface area contributed by atoms with E-state index in [1.165, 1.54) is 11.9 Å². The van der Waals surface area contributed by atoms with Gasteiger partial charge in [-0.1, -0.05) is 19.4 Å². The third-order valence-electron chi connectivity index (χ3n) is 5.56. The highest BCUT2D eigenvalue weighted by Gasteiger charge is 2.51. The molecule has 0 radical (unpaired) electrons. The number of nitrogens with one attached hydrogen (secondary N) is 2. The molecule has 1 atom stereocenters. The molecule has 0 saturated carbocycles. The molecule has 0 aromatic heterocycles. The molecule has 1 aromatic rings. The summed E-state index contributed by atoms with van der Waals surface area (Å²) in [5.74, 6) is 0. The SMILES string of the molecule is C=Nc1ccc(B2OC(C)(C)C(C)(C)O2)cc1NCC(CCC)SNC(=O)OC(C)(C)C. The predicted molar refractivity (Wildman–Crippen MR) is 136 cm³/mol. The van der Waals surface area contributed by atoms with Gasteiger partial charge >= 0.3 is 13.2 Å². The van der Waals surface area contributed by atoms with Crippen molar-refractivity contribution in [2.45, 2.75) is 90.3 Å². The van der Waals surface area contributed by atoms with Crippen LogP contribution in [0.1, 0.15) is 68.2 Å².